The summed E-state index contributed by atoms with van der Waals surface area (Å²) in [7, 11) is 0. The van der Waals surface area contributed by atoms with Crippen LogP contribution >= 0.6 is 11.3 Å². The number of aromatic nitrogens is 2. The summed E-state index contributed by atoms with van der Waals surface area (Å²) in [6, 6.07) is 0.693. The van der Waals surface area contributed by atoms with Crippen molar-refractivity contribution in [2.24, 2.45) is 0 Å². The molecule has 1 aliphatic rings. The quantitative estimate of drug-likeness (QED) is 0.670. The van der Waals surface area contributed by atoms with Crippen molar-refractivity contribution in [3.8, 4) is 0 Å². The van der Waals surface area contributed by atoms with Gasteiger partial charge in [0, 0.05) is 6.04 Å². The molecule has 0 amide bonds. The van der Waals surface area contributed by atoms with Gasteiger partial charge in [0.15, 0.2) is 0 Å². The standard InChI is InChI=1S/C5H7N3S/c1-2-4(1)7-5-8-6-3-9-5/h3-4H,1-2H2,(H,7,8). The summed E-state index contributed by atoms with van der Waals surface area (Å²) < 4.78 is 0. The summed E-state index contributed by atoms with van der Waals surface area (Å²) in [5, 5.41) is 11.8. The van der Waals surface area contributed by atoms with Gasteiger partial charge in [0.2, 0.25) is 5.13 Å². The van der Waals surface area contributed by atoms with E-state index in [0.29, 0.717) is 6.04 Å². The van der Waals surface area contributed by atoms with E-state index >= 15 is 0 Å². The Bertz CT molecular complexity index is 180. The van der Waals surface area contributed by atoms with Crippen molar-refractivity contribution < 1.29 is 0 Å². The van der Waals surface area contributed by atoms with Crippen LogP contribution in [-0.2, 0) is 0 Å². The first-order valence-corrected chi connectivity index (χ1v) is 3.86. The van der Waals surface area contributed by atoms with E-state index in [4.69, 9.17) is 0 Å². The first kappa shape index (κ1) is 5.17. The molecule has 1 N–H and O–H groups in total. The van der Waals surface area contributed by atoms with Crippen LogP contribution in [0.25, 0.3) is 0 Å². The zero-order valence-electron chi connectivity index (χ0n) is 4.87. The number of hydrogen-bond acceptors (Lipinski definition) is 4. The van der Waals surface area contributed by atoms with Gasteiger partial charge < -0.3 is 5.32 Å². The second-order valence-corrected chi connectivity index (χ2v) is 3.00. The molecule has 0 bridgehead atoms. The van der Waals surface area contributed by atoms with Crippen LogP contribution in [0.2, 0.25) is 0 Å². The SMILES string of the molecule is c1nnc(NC2CC2)s1. The first-order chi connectivity index (χ1) is 4.45. The van der Waals surface area contributed by atoms with Crippen LogP contribution in [0.1, 0.15) is 12.8 Å². The van der Waals surface area contributed by atoms with E-state index < -0.39 is 0 Å². The molecule has 2 rings (SSSR count). The van der Waals surface area contributed by atoms with Gasteiger partial charge in [0.25, 0.3) is 0 Å². The van der Waals surface area contributed by atoms with E-state index in [1.807, 2.05) is 0 Å². The lowest BCUT2D eigenvalue weighted by Gasteiger charge is -1.93. The van der Waals surface area contributed by atoms with Gasteiger partial charge in [0.05, 0.1) is 0 Å². The van der Waals surface area contributed by atoms with Gasteiger partial charge in [-0.2, -0.15) is 0 Å². The Kier molecular flexibility index (Phi) is 1.12. The van der Waals surface area contributed by atoms with E-state index in [0.717, 1.165) is 5.13 Å². The highest BCUT2D eigenvalue weighted by molar-refractivity contribution is 7.13. The Labute approximate surface area is 57.1 Å². The largest absolute Gasteiger partial charge is 0.357 e. The molecule has 0 spiro atoms. The third-order valence-electron chi connectivity index (χ3n) is 1.26. The molecule has 1 saturated carbocycles. The van der Waals surface area contributed by atoms with Gasteiger partial charge in [0.1, 0.15) is 5.51 Å². The molecule has 3 nitrogen and oxygen atoms in total. The Morgan fingerprint density at radius 3 is 3.11 bits per heavy atom. The molecule has 0 unspecified atom stereocenters. The van der Waals surface area contributed by atoms with Gasteiger partial charge in [-0.3, -0.25) is 0 Å². The number of anilines is 1. The molecule has 0 aromatic carbocycles. The molecular weight excluding hydrogens is 134 g/mol. The third-order valence-corrected chi connectivity index (χ3v) is 1.89. The highest BCUT2D eigenvalue weighted by Gasteiger charge is 2.21. The molecule has 0 aliphatic heterocycles. The maximum absolute atomic E-state index is 3.85. The summed E-state index contributed by atoms with van der Waals surface area (Å²) in [5.74, 6) is 0. The lowest BCUT2D eigenvalue weighted by Crippen LogP contribution is -1.99. The number of nitrogens with zero attached hydrogens (tertiary/aromatic N) is 2. The summed E-state index contributed by atoms with van der Waals surface area (Å²) in [6.07, 6.45) is 2.58. The monoisotopic (exact) mass is 141 g/mol. The van der Waals surface area contributed by atoms with Crippen LogP contribution in [0.3, 0.4) is 0 Å². The van der Waals surface area contributed by atoms with Crippen molar-refractivity contribution in [2.45, 2.75) is 18.9 Å². The van der Waals surface area contributed by atoms with Crippen LogP contribution in [0.4, 0.5) is 5.13 Å². The fourth-order valence-corrected chi connectivity index (χ4v) is 1.16. The van der Waals surface area contributed by atoms with Gasteiger partial charge in [-0.1, -0.05) is 11.3 Å². The second kappa shape index (κ2) is 1.95. The van der Waals surface area contributed by atoms with E-state index in [1.165, 1.54) is 12.8 Å². The highest BCUT2D eigenvalue weighted by atomic mass is 32.1. The molecule has 1 fully saturated rings. The maximum Gasteiger partial charge on any atom is 0.205 e. The number of rotatable bonds is 2. The predicted octanol–water partition coefficient (Wildman–Crippen LogP) is 1.11. The maximum atomic E-state index is 3.85. The molecule has 1 aliphatic carbocycles. The second-order valence-electron chi connectivity index (χ2n) is 2.16. The minimum absolute atomic E-state index is 0.693. The van der Waals surface area contributed by atoms with Crippen LogP contribution in [0.15, 0.2) is 5.51 Å². The Morgan fingerprint density at radius 1 is 1.67 bits per heavy atom. The minimum atomic E-state index is 0.693. The molecule has 48 valence electrons. The molecule has 4 heteroatoms. The van der Waals surface area contributed by atoms with Crippen molar-refractivity contribution >= 4 is 16.5 Å². The van der Waals surface area contributed by atoms with Gasteiger partial charge in [-0.05, 0) is 12.8 Å². The fraction of sp³-hybridized carbons (Fsp3) is 0.600. The van der Waals surface area contributed by atoms with E-state index in [1.54, 1.807) is 16.8 Å². The third kappa shape index (κ3) is 1.18. The topological polar surface area (TPSA) is 37.8 Å². The van der Waals surface area contributed by atoms with Crippen LogP contribution in [0, 0.1) is 0 Å². The van der Waals surface area contributed by atoms with E-state index in [-0.39, 0.29) is 0 Å². The molecule has 0 saturated heterocycles. The zero-order chi connectivity index (χ0) is 6.10. The average Bonchev–Trinajstić information content (AvgIpc) is 2.46. The molecule has 0 radical (unpaired) electrons. The minimum Gasteiger partial charge on any atom is -0.357 e. The zero-order valence-corrected chi connectivity index (χ0v) is 5.69. The van der Waals surface area contributed by atoms with Crippen LogP contribution in [-0.4, -0.2) is 16.2 Å². The van der Waals surface area contributed by atoms with E-state index in [9.17, 15) is 0 Å². The van der Waals surface area contributed by atoms with Crippen LogP contribution in [0.5, 0.6) is 0 Å². The summed E-state index contributed by atoms with van der Waals surface area (Å²) in [4.78, 5) is 0. The first-order valence-electron chi connectivity index (χ1n) is 2.98. The number of nitrogens with one attached hydrogen (secondary N) is 1. The Hall–Kier alpha value is -0.640. The molecule has 1 heterocycles. The summed E-state index contributed by atoms with van der Waals surface area (Å²) in [6.45, 7) is 0. The van der Waals surface area contributed by atoms with Gasteiger partial charge in [-0.25, -0.2) is 0 Å². The molecule has 9 heavy (non-hydrogen) atoms. The van der Waals surface area contributed by atoms with Crippen LogP contribution < -0.4 is 5.32 Å². The summed E-state index contributed by atoms with van der Waals surface area (Å²) >= 11 is 1.56. The summed E-state index contributed by atoms with van der Waals surface area (Å²) in [5.41, 5.74) is 1.74. The highest BCUT2D eigenvalue weighted by Crippen LogP contribution is 2.24. The Morgan fingerprint density at radius 2 is 2.56 bits per heavy atom. The predicted molar refractivity (Wildman–Crippen MR) is 36.6 cm³/mol. The van der Waals surface area contributed by atoms with Crippen molar-refractivity contribution in [3.63, 3.8) is 0 Å². The average molecular weight is 141 g/mol. The smallest absolute Gasteiger partial charge is 0.205 e. The molecule has 1 aromatic rings. The number of hydrogen-bond donors (Lipinski definition) is 1. The van der Waals surface area contributed by atoms with E-state index in [2.05, 4.69) is 15.5 Å². The molecule has 1 aromatic heterocycles. The van der Waals surface area contributed by atoms with Gasteiger partial charge in [-0.15, -0.1) is 10.2 Å². The van der Waals surface area contributed by atoms with Crippen molar-refractivity contribution in [1.29, 1.82) is 0 Å². The fourth-order valence-electron chi connectivity index (χ4n) is 0.638. The van der Waals surface area contributed by atoms with Crippen molar-refractivity contribution in [1.82, 2.24) is 10.2 Å². The molecular formula is C5H7N3S. The lowest BCUT2D eigenvalue weighted by atomic mass is 10.7. The Balaban J connectivity index is 1.99. The van der Waals surface area contributed by atoms with Crippen molar-refractivity contribution in [2.75, 3.05) is 5.32 Å². The van der Waals surface area contributed by atoms with Crippen molar-refractivity contribution in [3.05, 3.63) is 5.51 Å². The molecule has 0 atom stereocenters. The lowest BCUT2D eigenvalue weighted by molar-refractivity contribution is 1.05. The van der Waals surface area contributed by atoms with Gasteiger partial charge >= 0.3 is 0 Å². The normalized spacial score (nSPS) is 17.8.